The molecule has 18 heavy (non-hydrogen) atoms. The third-order valence-electron chi connectivity index (χ3n) is 2.93. The SMILES string of the molecule is CCc1nn(CC)c(CNC(C)(C)C(=O)O)c1Cl. The van der Waals surface area contributed by atoms with E-state index >= 15 is 0 Å². The Balaban J connectivity index is 2.91. The molecule has 0 bridgehead atoms. The van der Waals surface area contributed by atoms with E-state index in [1.807, 2.05) is 18.5 Å². The molecule has 0 aliphatic carbocycles. The zero-order chi connectivity index (χ0) is 13.9. The first-order valence-corrected chi connectivity index (χ1v) is 6.43. The number of nitrogens with zero attached hydrogens (tertiary/aromatic N) is 2. The summed E-state index contributed by atoms with van der Waals surface area (Å²) in [7, 11) is 0. The number of carboxylic acids is 1. The van der Waals surface area contributed by atoms with Gasteiger partial charge in [0.25, 0.3) is 0 Å². The molecule has 1 rings (SSSR count). The van der Waals surface area contributed by atoms with Gasteiger partial charge in [0.2, 0.25) is 0 Å². The summed E-state index contributed by atoms with van der Waals surface area (Å²) in [6.07, 6.45) is 0.765. The normalized spacial score (nSPS) is 11.8. The summed E-state index contributed by atoms with van der Waals surface area (Å²) in [4.78, 5) is 11.0. The molecular formula is C12H20ClN3O2. The second-order valence-electron chi connectivity index (χ2n) is 4.66. The van der Waals surface area contributed by atoms with Gasteiger partial charge in [0, 0.05) is 13.1 Å². The molecule has 0 fully saturated rings. The molecule has 0 spiro atoms. The number of aliphatic carboxylic acids is 1. The van der Waals surface area contributed by atoms with Crippen molar-refractivity contribution in [3.05, 3.63) is 16.4 Å². The molecule has 5 nitrogen and oxygen atoms in total. The number of aryl methyl sites for hydroxylation is 2. The van der Waals surface area contributed by atoms with Crippen LogP contribution in [-0.4, -0.2) is 26.4 Å². The first kappa shape index (κ1) is 15.0. The van der Waals surface area contributed by atoms with E-state index in [0.29, 0.717) is 18.1 Å². The second-order valence-corrected chi connectivity index (χ2v) is 5.04. The first-order valence-electron chi connectivity index (χ1n) is 6.06. The minimum absolute atomic E-state index is 0.388. The predicted molar refractivity (Wildman–Crippen MR) is 70.8 cm³/mol. The van der Waals surface area contributed by atoms with Gasteiger partial charge in [0.05, 0.1) is 16.4 Å². The Hall–Kier alpha value is -1.07. The van der Waals surface area contributed by atoms with Crippen LogP contribution in [0.25, 0.3) is 0 Å². The fraction of sp³-hybridized carbons (Fsp3) is 0.667. The lowest BCUT2D eigenvalue weighted by Crippen LogP contribution is -2.46. The highest BCUT2D eigenvalue weighted by Gasteiger charge is 2.27. The summed E-state index contributed by atoms with van der Waals surface area (Å²) in [6.45, 7) is 8.32. The maximum absolute atomic E-state index is 11.0. The van der Waals surface area contributed by atoms with Crippen LogP contribution in [0.4, 0.5) is 0 Å². The highest BCUT2D eigenvalue weighted by Crippen LogP contribution is 2.22. The molecule has 0 aromatic carbocycles. The number of carbonyl (C=O) groups is 1. The van der Waals surface area contributed by atoms with Crippen LogP contribution in [0.15, 0.2) is 0 Å². The van der Waals surface area contributed by atoms with Crippen LogP contribution >= 0.6 is 11.6 Å². The van der Waals surface area contributed by atoms with Gasteiger partial charge in [-0.25, -0.2) is 0 Å². The minimum Gasteiger partial charge on any atom is -0.480 e. The van der Waals surface area contributed by atoms with E-state index in [2.05, 4.69) is 10.4 Å². The van der Waals surface area contributed by atoms with E-state index in [1.165, 1.54) is 0 Å². The smallest absolute Gasteiger partial charge is 0.323 e. The van der Waals surface area contributed by atoms with Gasteiger partial charge < -0.3 is 5.11 Å². The van der Waals surface area contributed by atoms with Crippen molar-refractivity contribution in [1.82, 2.24) is 15.1 Å². The Labute approximate surface area is 112 Å². The highest BCUT2D eigenvalue weighted by molar-refractivity contribution is 6.31. The Morgan fingerprint density at radius 2 is 2.11 bits per heavy atom. The van der Waals surface area contributed by atoms with Gasteiger partial charge in [0.1, 0.15) is 5.54 Å². The van der Waals surface area contributed by atoms with E-state index in [-0.39, 0.29) is 0 Å². The number of hydrogen-bond acceptors (Lipinski definition) is 3. The van der Waals surface area contributed by atoms with Gasteiger partial charge in [-0.1, -0.05) is 18.5 Å². The van der Waals surface area contributed by atoms with Gasteiger partial charge >= 0.3 is 5.97 Å². The van der Waals surface area contributed by atoms with E-state index in [4.69, 9.17) is 16.7 Å². The van der Waals surface area contributed by atoms with Crippen LogP contribution in [0.2, 0.25) is 5.02 Å². The highest BCUT2D eigenvalue weighted by atomic mass is 35.5. The van der Waals surface area contributed by atoms with Gasteiger partial charge in [-0.3, -0.25) is 14.8 Å². The van der Waals surface area contributed by atoms with Crippen LogP contribution in [0.1, 0.15) is 39.1 Å². The van der Waals surface area contributed by atoms with E-state index in [9.17, 15) is 4.79 Å². The summed E-state index contributed by atoms with van der Waals surface area (Å²) < 4.78 is 1.81. The molecule has 1 heterocycles. The molecule has 1 aromatic heterocycles. The van der Waals surface area contributed by atoms with Crippen molar-refractivity contribution < 1.29 is 9.90 Å². The van der Waals surface area contributed by atoms with Crippen LogP contribution in [0.3, 0.4) is 0 Å². The largest absolute Gasteiger partial charge is 0.480 e. The monoisotopic (exact) mass is 273 g/mol. The number of aromatic nitrogens is 2. The van der Waals surface area contributed by atoms with Crippen molar-refractivity contribution in [1.29, 1.82) is 0 Å². The predicted octanol–water partition coefficient (Wildman–Crippen LogP) is 2.07. The van der Waals surface area contributed by atoms with E-state index in [1.54, 1.807) is 13.8 Å². The molecule has 0 saturated carbocycles. The van der Waals surface area contributed by atoms with Gasteiger partial charge in [-0.05, 0) is 27.2 Å². The van der Waals surface area contributed by atoms with Gasteiger partial charge in [-0.2, -0.15) is 5.10 Å². The fourth-order valence-electron chi connectivity index (χ4n) is 1.57. The number of nitrogens with one attached hydrogen (secondary N) is 1. The molecule has 0 unspecified atom stereocenters. The second kappa shape index (κ2) is 5.71. The number of rotatable bonds is 6. The van der Waals surface area contributed by atoms with Crippen LogP contribution < -0.4 is 5.32 Å². The van der Waals surface area contributed by atoms with Crippen LogP contribution in [0.5, 0.6) is 0 Å². The average Bonchev–Trinajstić information content (AvgIpc) is 2.62. The van der Waals surface area contributed by atoms with Crippen molar-refractivity contribution in [3.8, 4) is 0 Å². The fourth-order valence-corrected chi connectivity index (χ4v) is 1.90. The third-order valence-corrected chi connectivity index (χ3v) is 3.36. The lowest BCUT2D eigenvalue weighted by Gasteiger charge is -2.21. The van der Waals surface area contributed by atoms with Crippen molar-refractivity contribution in [2.45, 2.75) is 52.7 Å². The summed E-state index contributed by atoms with van der Waals surface area (Å²) in [6, 6.07) is 0. The number of carboxylic acid groups (broad SMARTS) is 1. The maximum atomic E-state index is 11.0. The molecule has 0 amide bonds. The van der Waals surface area contributed by atoms with Crippen molar-refractivity contribution in [3.63, 3.8) is 0 Å². The van der Waals surface area contributed by atoms with Crippen molar-refractivity contribution >= 4 is 17.6 Å². The minimum atomic E-state index is -0.988. The summed E-state index contributed by atoms with van der Waals surface area (Å²) in [5.74, 6) is -0.892. The van der Waals surface area contributed by atoms with Crippen molar-refractivity contribution in [2.75, 3.05) is 0 Å². The molecule has 0 aliphatic rings. The standard InChI is InChI=1S/C12H20ClN3O2/c1-5-8-10(13)9(16(6-2)15-8)7-14-12(3,4)11(17)18/h14H,5-7H2,1-4H3,(H,17,18). The Morgan fingerprint density at radius 1 is 1.50 bits per heavy atom. The molecule has 0 atom stereocenters. The number of hydrogen-bond donors (Lipinski definition) is 2. The summed E-state index contributed by atoms with van der Waals surface area (Å²) in [5.41, 5.74) is 0.701. The quantitative estimate of drug-likeness (QED) is 0.833. The molecule has 1 aromatic rings. The average molecular weight is 274 g/mol. The zero-order valence-corrected chi connectivity index (χ0v) is 12.0. The van der Waals surface area contributed by atoms with Crippen LogP contribution in [-0.2, 0) is 24.3 Å². The topological polar surface area (TPSA) is 67.2 Å². The van der Waals surface area contributed by atoms with E-state index in [0.717, 1.165) is 17.8 Å². The third kappa shape index (κ3) is 3.03. The molecular weight excluding hydrogens is 254 g/mol. The maximum Gasteiger partial charge on any atom is 0.323 e. The molecule has 2 N–H and O–H groups in total. The number of halogens is 1. The van der Waals surface area contributed by atoms with Gasteiger partial charge in [0.15, 0.2) is 0 Å². The Bertz CT molecular complexity index is 441. The first-order chi connectivity index (χ1) is 8.33. The lowest BCUT2D eigenvalue weighted by molar-refractivity contribution is -0.143. The Morgan fingerprint density at radius 3 is 2.56 bits per heavy atom. The summed E-state index contributed by atoms with van der Waals surface area (Å²) in [5, 5.41) is 17.1. The van der Waals surface area contributed by atoms with Crippen molar-refractivity contribution in [2.24, 2.45) is 0 Å². The Kier molecular flexibility index (Phi) is 4.76. The zero-order valence-electron chi connectivity index (χ0n) is 11.2. The molecule has 0 radical (unpaired) electrons. The molecule has 102 valence electrons. The molecule has 0 saturated heterocycles. The summed E-state index contributed by atoms with van der Waals surface area (Å²) >= 11 is 6.25. The van der Waals surface area contributed by atoms with E-state index < -0.39 is 11.5 Å². The van der Waals surface area contributed by atoms with Crippen LogP contribution in [0, 0.1) is 0 Å². The lowest BCUT2D eigenvalue weighted by atomic mass is 10.1. The van der Waals surface area contributed by atoms with Gasteiger partial charge in [-0.15, -0.1) is 0 Å². The molecule has 0 aliphatic heterocycles. The molecule has 6 heteroatoms.